The topological polar surface area (TPSA) is 0 Å². The van der Waals surface area contributed by atoms with Crippen molar-refractivity contribution in [3.8, 4) is 0 Å². The number of hydrogen-bond donors (Lipinski definition) is 0. The van der Waals surface area contributed by atoms with Crippen LogP contribution in [-0.2, 0) is 23.2 Å². The number of halogens is 2. The molecule has 0 bridgehead atoms. The molecule has 0 saturated carbocycles. The van der Waals surface area contributed by atoms with Gasteiger partial charge in [0.2, 0.25) is 0 Å². The molecule has 0 spiro atoms. The van der Waals surface area contributed by atoms with E-state index in [4.69, 9.17) is 0 Å². The first-order valence-corrected chi connectivity index (χ1v) is 14.5. The minimum atomic E-state index is -0.646. The zero-order chi connectivity index (χ0) is 18.9. The van der Waals surface area contributed by atoms with Gasteiger partial charge in [0.25, 0.3) is 0 Å². The van der Waals surface area contributed by atoms with Crippen molar-refractivity contribution in [2.75, 3.05) is 6.16 Å². The fourth-order valence-corrected chi connectivity index (χ4v) is 15.9. The molecule has 0 N–H and O–H groups in total. The quantitative estimate of drug-likeness (QED) is 0.526. The predicted octanol–water partition coefficient (Wildman–Crippen LogP) is 1.41. The smallest absolute Gasteiger partial charge is 1.00 e. The summed E-state index contributed by atoms with van der Waals surface area (Å²) >= 11 is -0.646. The minimum Gasteiger partial charge on any atom is -1.00 e. The zero-order valence-electron chi connectivity index (χ0n) is 17.7. The van der Waals surface area contributed by atoms with Gasteiger partial charge in [-0.05, 0) is 0 Å². The summed E-state index contributed by atoms with van der Waals surface area (Å²) in [7, 11) is -0.130. The maximum atomic E-state index is 2.64. The minimum absolute atomic E-state index is 0. The van der Waals surface area contributed by atoms with Crippen LogP contribution in [0, 0.1) is 27.7 Å². The van der Waals surface area contributed by atoms with Crippen LogP contribution in [0.3, 0.4) is 0 Å². The molecule has 1 saturated heterocycles. The van der Waals surface area contributed by atoms with E-state index >= 15 is 0 Å². The Morgan fingerprint density at radius 2 is 1.14 bits per heavy atom. The van der Waals surface area contributed by atoms with Crippen molar-refractivity contribution in [1.29, 1.82) is 0 Å². The van der Waals surface area contributed by atoms with E-state index in [1.54, 1.807) is 22.3 Å². The number of rotatable bonds is 2. The van der Waals surface area contributed by atoms with E-state index in [1.807, 2.05) is 10.6 Å². The Hall–Kier alpha value is -0.187. The van der Waals surface area contributed by atoms with Crippen molar-refractivity contribution in [2.45, 2.75) is 48.3 Å². The van der Waals surface area contributed by atoms with Gasteiger partial charge in [0.15, 0.2) is 0 Å². The first kappa shape index (κ1) is 23.5. The molecule has 29 heavy (non-hydrogen) atoms. The van der Waals surface area contributed by atoms with Gasteiger partial charge >= 0.3 is 177 Å². The fourth-order valence-electron chi connectivity index (χ4n) is 5.22. The van der Waals surface area contributed by atoms with Crippen LogP contribution in [0.5, 0.6) is 0 Å². The van der Waals surface area contributed by atoms with E-state index in [0.717, 1.165) is 7.25 Å². The summed E-state index contributed by atoms with van der Waals surface area (Å²) in [6, 6.07) is 9.41. The van der Waals surface area contributed by atoms with Gasteiger partial charge in [-0.25, -0.2) is 0 Å². The Morgan fingerprint density at radius 3 is 1.55 bits per heavy atom. The van der Waals surface area contributed by atoms with E-state index in [0.29, 0.717) is 0 Å². The average molecular weight is 521 g/mol. The van der Waals surface area contributed by atoms with Crippen LogP contribution in [-0.4, -0.2) is 6.16 Å². The molecule has 0 radical (unpaired) electrons. The molecule has 2 aliphatic carbocycles. The molecule has 1 aliphatic heterocycles. The Kier molecular flexibility index (Phi) is 7.08. The van der Waals surface area contributed by atoms with E-state index in [9.17, 15) is 0 Å². The number of benzene rings is 2. The second-order valence-electron chi connectivity index (χ2n) is 8.38. The molecular formula is C25H27Cl2PZr. The summed E-state index contributed by atoms with van der Waals surface area (Å²) in [5.41, 5.74) is 12.6. The average Bonchev–Trinajstić information content (AvgIpc) is 3.22. The fraction of sp³-hybridized carbons (Fsp3) is 0.360. The van der Waals surface area contributed by atoms with Gasteiger partial charge in [0, 0.05) is 0 Å². The Bertz CT molecular complexity index is 958. The van der Waals surface area contributed by atoms with Gasteiger partial charge < -0.3 is 24.8 Å². The van der Waals surface area contributed by atoms with Crippen LogP contribution in [0.2, 0.25) is 0 Å². The van der Waals surface area contributed by atoms with Crippen molar-refractivity contribution in [3.05, 3.63) is 79.4 Å². The summed E-state index contributed by atoms with van der Waals surface area (Å²) < 4.78 is 1.63. The summed E-state index contributed by atoms with van der Waals surface area (Å²) in [5.74, 6) is 0. The van der Waals surface area contributed by atoms with Gasteiger partial charge in [-0.2, -0.15) is 0 Å². The molecule has 5 rings (SSSR count). The maximum Gasteiger partial charge on any atom is -1.00 e. The van der Waals surface area contributed by atoms with E-state index < -0.39 is 23.2 Å². The normalized spacial score (nSPS) is 22.4. The number of allylic oxidation sites excluding steroid dienone is 2. The van der Waals surface area contributed by atoms with E-state index in [-0.39, 0.29) is 32.7 Å². The molecule has 4 heteroatoms. The first-order chi connectivity index (χ1) is 13.0. The van der Waals surface area contributed by atoms with Crippen LogP contribution in [0.15, 0.2) is 34.9 Å². The van der Waals surface area contributed by atoms with Gasteiger partial charge in [-0.1, -0.05) is 0 Å². The predicted molar refractivity (Wildman–Crippen MR) is 115 cm³/mol. The standard InChI is InChI=1S/C25H27P.2ClH.Zr/c1-6-11-26(20-12-22-16(2)7-8-17(3)23(22)13-20)21-14-24-18(4)9-10-19(5)25(24)15-21;;;/h7-10,12-15H,6,11H2,1-5H3;2*1H;/q;;;+2/p-2. The van der Waals surface area contributed by atoms with Crippen LogP contribution in [0.4, 0.5) is 0 Å². The van der Waals surface area contributed by atoms with Gasteiger partial charge in [-0.3, -0.25) is 0 Å². The summed E-state index contributed by atoms with van der Waals surface area (Å²) in [6.45, 7) is 11.7. The second-order valence-corrected chi connectivity index (χ2v) is 14.4. The molecule has 1 fully saturated rings. The van der Waals surface area contributed by atoms with Gasteiger partial charge in [-0.15, -0.1) is 0 Å². The molecule has 3 aliphatic rings. The summed E-state index contributed by atoms with van der Waals surface area (Å²) in [6.07, 6.45) is 7.96. The maximum absolute atomic E-state index is 2.64. The molecule has 150 valence electrons. The number of aryl methyl sites for hydroxylation is 4. The van der Waals surface area contributed by atoms with Gasteiger partial charge in [0.05, 0.1) is 0 Å². The van der Waals surface area contributed by atoms with Crippen molar-refractivity contribution in [2.24, 2.45) is 0 Å². The van der Waals surface area contributed by atoms with Crippen LogP contribution >= 0.6 is 7.92 Å². The second kappa shape index (κ2) is 8.75. The van der Waals surface area contributed by atoms with Crippen molar-refractivity contribution < 1.29 is 48.0 Å². The zero-order valence-corrected chi connectivity index (χ0v) is 22.6. The molecule has 0 amide bonds. The third-order valence-electron chi connectivity index (χ3n) is 6.60. The van der Waals surface area contributed by atoms with E-state index in [1.165, 1.54) is 34.8 Å². The molecular weight excluding hydrogens is 493 g/mol. The number of fused-ring (bicyclic) bond motifs is 6. The van der Waals surface area contributed by atoms with Gasteiger partial charge in [0.1, 0.15) is 0 Å². The van der Waals surface area contributed by atoms with E-state index in [2.05, 4.69) is 71.0 Å². The van der Waals surface area contributed by atoms with Crippen molar-refractivity contribution in [1.82, 2.24) is 0 Å². The molecule has 0 nitrogen and oxygen atoms in total. The molecule has 2 aromatic rings. The monoisotopic (exact) mass is 518 g/mol. The summed E-state index contributed by atoms with van der Waals surface area (Å²) in [4.78, 5) is 0. The SMILES string of the molecule is CCCP1C2=Cc3c(C)ccc(C)c3[CH]2[Zr+2][CH]2C1=Cc1c(C)ccc(C)c12.[Cl-].[Cl-]. The van der Waals surface area contributed by atoms with Crippen molar-refractivity contribution in [3.63, 3.8) is 0 Å². The Labute approximate surface area is 200 Å². The van der Waals surface area contributed by atoms with Crippen LogP contribution in [0.25, 0.3) is 12.2 Å². The molecule has 2 unspecified atom stereocenters. The first-order valence-electron chi connectivity index (χ1n) is 10.2. The molecule has 0 aromatic heterocycles. The molecule has 2 atom stereocenters. The summed E-state index contributed by atoms with van der Waals surface area (Å²) in [5, 5.41) is 3.69. The Morgan fingerprint density at radius 1 is 0.724 bits per heavy atom. The number of hydrogen-bond acceptors (Lipinski definition) is 0. The Balaban J connectivity index is 0.00000120. The molecule has 1 heterocycles. The third-order valence-corrected chi connectivity index (χ3v) is 15.3. The molecule has 2 aromatic carbocycles. The largest absolute Gasteiger partial charge is 1.00 e. The van der Waals surface area contributed by atoms with Crippen LogP contribution in [0.1, 0.15) is 65.1 Å². The van der Waals surface area contributed by atoms with Crippen LogP contribution < -0.4 is 24.8 Å². The third kappa shape index (κ3) is 3.50. The van der Waals surface area contributed by atoms with Crippen molar-refractivity contribution >= 4 is 20.1 Å².